The Morgan fingerprint density at radius 1 is 1.17 bits per heavy atom. The zero-order valence-corrected chi connectivity index (χ0v) is 27.3. The minimum absolute atomic E-state index is 0.0901. The fourth-order valence-corrected chi connectivity index (χ4v) is 9.06. The van der Waals surface area contributed by atoms with Crippen molar-refractivity contribution in [2.24, 2.45) is 22.1 Å². The topological polar surface area (TPSA) is 150 Å². The number of hydrogen-bond donors (Lipinski definition) is 5. The summed E-state index contributed by atoms with van der Waals surface area (Å²) in [5, 5.41) is 24.7. The Morgan fingerprint density at radius 3 is 2.57 bits per heavy atom. The van der Waals surface area contributed by atoms with Crippen molar-refractivity contribution < 1.29 is 23.8 Å². The molecule has 1 saturated heterocycles. The average molecular weight is 673 g/mol. The molecule has 6 N–H and O–H groups in total. The molecule has 2 aliphatic heterocycles. The van der Waals surface area contributed by atoms with Crippen molar-refractivity contribution in [2.75, 3.05) is 11.9 Å². The van der Waals surface area contributed by atoms with E-state index in [2.05, 4.69) is 17.6 Å². The molecule has 46 heavy (non-hydrogen) atoms. The van der Waals surface area contributed by atoms with Crippen molar-refractivity contribution in [2.45, 2.75) is 93.7 Å². The first-order valence-corrected chi connectivity index (χ1v) is 16.7. The smallest absolute Gasteiger partial charge is 0.321 e. The lowest BCUT2D eigenvalue weighted by Gasteiger charge is -2.51. The number of nitrogens with one attached hydrogen (secondary N) is 3. The number of ether oxygens (including phenoxy) is 1. The van der Waals surface area contributed by atoms with Crippen molar-refractivity contribution in [3.8, 4) is 0 Å². The van der Waals surface area contributed by atoms with Crippen LogP contribution in [0.2, 0.25) is 10.0 Å². The third-order valence-corrected chi connectivity index (χ3v) is 11.7. The first kappa shape index (κ1) is 32.9. The summed E-state index contributed by atoms with van der Waals surface area (Å²) >= 11 is 12.6. The molecule has 2 heterocycles. The number of anilines is 1. The number of carbonyl (C=O) groups excluding carboxylic acids is 1. The molecule has 9 nitrogen and oxygen atoms in total. The number of fused-ring (bicyclic) bond motifs is 3. The highest BCUT2D eigenvalue weighted by atomic mass is 35.5. The summed E-state index contributed by atoms with van der Waals surface area (Å²) in [6.45, 7) is 2.71. The number of carbonyl (C=O) groups is 2. The van der Waals surface area contributed by atoms with E-state index in [4.69, 9.17) is 44.1 Å². The van der Waals surface area contributed by atoms with E-state index in [0.717, 1.165) is 38.5 Å². The number of aliphatic carboxylic acids is 1. The van der Waals surface area contributed by atoms with Gasteiger partial charge in [0.1, 0.15) is 17.3 Å². The number of aliphatic imine (C=N–C) groups is 1. The fraction of sp³-hybridized carbons (Fsp3) is 0.529. The Hall–Kier alpha value is -3.05. The molecule has 2 aromatic carbocycles. The van der Waals surface area contributed by atoms with Crippen LogP contribution in [0.5, 0.6) is 0 Å². The van der Waals surface area contributed by atoms with Crippen molar-refractivity contribution in [1.82, 2.24) is 5.32 Å². The Kier molecular flexibility index (Phi) is 8.95. The first-order valence-electron chi connectivity index (χ1n) is 16.0. The molecule has 3 fully saturated rings. The molecular weight excluding hydrogens is 632 g/mol. The number of benzene rings is 2. The van der Waals surface area contributed by atoms with Gasteiger partial charge in [0.25, 0.3) is 0 Å². The maximum atomic E-state index is 15.8. The molecule has 0 radical (unpaired) electrons. The summed E-state index contributed by atoms with van der Waals surface area (Å²) in [6, 6.07) is 8.60. The molecule has 2 spiro atoms. The van der Waals surface area contributed by atoms with Crippen LogP contribution < -0.4 is 16.4 Å². The molecule has 4 aliphatic rings. The van der Waals surface area contributed by atoms with Crippen LogP contribution in [0.15, 0.2) is 41.4 Å². The summed E-state index contributed by atoms with van der Waals surface area (Å²) in [7, 11) is 0. The van der Waals surface area contributed by atoms with Gasteiger partial charge in [0, 0.05) is 40.7 Å². The van der Waals surface area contributed by atoms with Gasteiger partial charge < -0.3 is 20.9 Å². The molecule has 12 heteroatoms. The normalized spacial score (nSPS) is 34.0. The lowest BCUT2D eigenvalue weighted by molar-refractivity contribution is -0.139. The molecule has 0 aromatic heterocycles. The zero-order chi connectivity index (χ0) is 32.9. The minimum Gasteiger partial charge on any atom is -0.480 e. The van der Waals surface area contributed by atoms with Crippen LogP contribution >= 0.6 is 23.2 Å². The minimum atomic E-state index is -1.44. The number of amides is 1. The second-order valence-electron chi connectivity index (χ2n) is 13.7. The van der Waals surface area contributed by atoms with Gasteiger partial charge in [-0.1, -0.05) is 48.3 Å². The SMILES string of the molecule is CC1(CC/N=C(\OC=N)[C@H]2CC[C@H](N)CC2)CCC2(CC1)N[C@@H](C(=O)O)[C@H](c1cccc(Cl)c1F)C21C(=O)Nc2cc(Cl)ccc21. The van der Waals surface area contributed by atoms with Crippen LogP contribution in [0, 0.1) is 22.6 Å². The molecule has 2 aliphatic carbocycles. The monoisotopic (exact) mass is 671 g/mol. The number of rotatable bonds is 7. The second-order valence-corrected chi connectivity index (χ2v) is 14.6. The number of halogens is 3. The highest BCUT2D eigenvalue weighted by Crippen LogP contribution is 2.64. The van der Waals surface area contributed by atoms with Gasteiger partial charge in [-0.25, -0.2) is 4.39 Å². The molecule has 2 aromatic rings. The number of nitrogens with zero attached hydrogens (tertiary/aromatic N) is 1. The largest absolute Gasteiger partial charge is 0.480 e. The van der Waals surface area contributed by atoms with E-state index in [9.17, 15) is 14.7 Å². The number of nitrogens with two attached hydrogens (primary N) is 1. The number of carboxylic acids is 1. The number of carboxylic acid groups (broad SMARTS) is 1. The van der Waals surface area contributed by atoms with E-state index in [0.29, 0.717) is 54.4 Å². The lowest BCUT2D eigenvalue weighted by atomic mass is 9.53. The predicted molar refractivity (Wildman–Crippen MR) is 176 cm³/mol. The summed E-state index contributed by atoms with van der Waals surface area (Å²) in [4.78, 5) is 32.2. The predicted octanol–water partition coefficient (Wildman–Crippen LogP) is 6.41. The quantitative estimate of drug-likeness (QED) is 0.170. The lowest BCUT2D eigenvalue weighted by Crippen LogP contribution is -2.61. The van der Waals surface area contributed by atoms with Crippen molar-refractivity contribution >= 4 is 53.1 Å². The zero-order valence-electron chi connectivity index (χ0n) is 25.8. The van der Waals surface area contributed by atoms with Crippen LogP contribution in [0.1, 0.15) is 81.8 Å². The van der Waals surface area contributed by atoms with Gasteiger partial charge >= 0.3 is 5.97 Å². The van der Waals surface area contributed by atoms with Crippen LogP contribution in [0.3, 0.4) is 0 Å². The van der Waals surface area contributed by atoms with Gasteiger partial charge in [-0.2, -0.15) is 0 Å². The van der Waals surface area contributed by atoms with Gasteiger partial charge in [-0.3, -0.25) is 25.3 Å². The third kappa shape index (κ3) is 5.41. The van der Waals surface area contributed by atoms with Gasteiger partial charge in [-0.05, 0) is 92.5 Å². The van der Waals surface area contributed by atoms with Gasteiger partial charge in [-0.15, -0.1) is 0 Å². The van der Waals surface area contributed by atoms with E-state index in [1.54, 1.807) is 24.3 Å². The van der Waals surface area contributed by atoms with Crippen molar-refractivity contribution in [3.63, 3.8) is 0 Å². The summed E-state index contributed by atoms with van der Waals surface area (Å²) in [5.74, 6) is -2.61. The van der Waals surface area contributed by atoms with E-state index < -0.39 is 34.7 Å². The molecule has 1 unspecified atom stereocenters. The Morgan fingerprint density at radius 2 is 1.89 bits per heavy atom. The highest BCUT2D eigenvalue weighted by molar-refractivity contribution is 6.31. The third-order valence-electron chi connectivity index (χ3n) is 11.2. The first-order chi connectivity index (χ1) is 21.9. The molecule has 2 saturated carbocycles. The van der Waals surface area contributed by atoms with Crippen molar-refractivity contribution in [3.05, 3.63) is 63.4 Å². The molecule has 0 bridgehead atoms. The van der Waals surface area contributed by atoms with Crippen LogP contribution in [-0.2, 0) is 19.7 Å². The molecule has 6 rings (SSSR count). The molecule has 3 atom stereocenters. The highest BCUT2D eigenvalue weighted by Gasteiger charge is 2.73. The van der Waals surface area contributed by atoms with Gasteiger partial charge in [0.2, 0.25) is 5.91 Å². The van der Waals surface area contributed by atoms with E-state index >= 15 is 4.39 Å². The Bertz CT molecular complexity index is 1570. The molecule has 246 valence electrons. The van der Waals surface area contributed by atoms with Crippen LogP contribution in [0.4, 0.5) is 10.1 Å². The fourth-order valence-electron chi connectivity index (χ4n) is 8.71. The molecule has 1 amide bonds. The number of hydrogen-bond acceptors (Lipinski definition) is 7. The second kappa shape index (κ2) is 12.5. The Labute approximate surface area is 278 Å². The molecular formula is C34H40Cl2FN5O4. The standard InChI is InChI=1S/C34H40Cl2FN5O4/c1-32(15-16-40-29(46-18-38)19-5-8-21(39)9-6-19)11-13-33(14-12-32)34(23-10-7-20(35)17-25(23)41-31(34)45)26(28(42-33)30(43)44)22-3-2-4-24(36)27(22)37/h2-4,7,10,17-19,21,26,28,38,42H,5-6,8-9,11-16,39H2,1H3,(H,41,45)(H,43,44)/b38-18?,40-29-/t19-,21-,26-,28+,32?,33?,34?/m0/s1. The maximum Gasteiger partial charge on any atom is 0.321 e. The van der Waals surface area contributed by atoms with E-state index in [1.807, 2.05) is 0 Å². The van der Waals surface area contributed by atoms with Crippen molar-refractivity contribution in [1.29, 1.82) is 5.41 Å². The summed E-state index contributed by atoms with van der Waals surface area (Å²) in [5.41, 5.74) is 4.70. The maximum absolute atomic E-state index is 15.8. The van der Waals surface area contributed by atoms with Crippen LogP contribution in [0.25, 0.3) is 0 Å². The van der Waals surface area contributed by atoms with Crippen LogP contribution in [-0.4, -0.2) is 53.4 Å². The Balaban J connectivity index is 1.34. The van der Waals surface area contributed by atoms with Gasteiger partial charge in [0.15, 0.2) is 12.3 Å². The average Bonchev–Trinajstić information content (AvgIpc) is 3.48. The summed E-state index contributed by atoms with van der Waals surface area (Å²) in [6.07, 6.45) is 7.59. The van der Waals surface area contributed by atoms with E-state index in [1.165, 1.54) is 12.1 Å². The van der Waals surface area contributed by atoms with E-state index in [-0.39, 0.29) is 33.9 Å². The summed E-state index contributed by atoms with van der Waals surface area (Å²) < 4.78 is 21.4. The van der Waals surface area contributed by atoms with Gasteiger partial charge in [0.05, 0.1) is 5.02 Å².